The zero-order chi connectivity index (χ0) is 9.00. The smallest absolute Gasteiger partial charge is 1.00 e. The molecule has 0 saturated heterocycles. The van der Waals surface area contributed by atoms with Crippen molar-refractivity contribution < 1.29 is 97.0 Å². The summed E-state index contributed by atoms with van der Waals surface area (Å²) >= 11 is 0. The Hall–Kier alpha value is 1.74. The van der Waals surface area contributed by atoms with Crippen molar-refractivity contribution in [1.29, 1.82) is 0 Å². The second-order valence-electron chi connectivity index (χ2n) is 0.896. The maximum atomic E-state index is 8.74. The van der Waals surface area contributed by atoms with Gasteiger partial charge in [-0.25, -0.2) is 0 Å². The number of hydrogen-bond acceptors (Lipinski definition) is 4. The zero-order valence-corrected chi connectivity index (χ0v) is 11.9. The van der Waals surface area contributed by atoms with Crippen LogP contribution in [-0.4, -0.2) is 35.0 Å². The van der Waals surface area contributed by atoms with Crippen molar-refractivity contribution in [3.8, 4) is 0 Å². The van der Waals surface area contributed by atoms with E-state index in [1.54, 1.807) is 0 Å². The Labute approximate surface area is 116 Å². The first-order valence-corrected chi connectivity index (χ1v) is 4.19. The van der Waals surface area contributed by atoms with Gasteiger partial charge in [0, 0.05) is 0 Å². The standard InChI is InChI=1S/2Na.2H2O4S.2H/c;;2*1-5(2,3)4;;/h;;2*(H2,1,2,3,4);;/q2*+1;;;2*-1. The van der Waals surface area contributed by atoms with Crippen LogP contribution in [0, 0.1) is 0 Å². The zero-order valence-electron chi connectivity index (χ0n) is 8.24. The summed E-state index contributed by atoms with van der Waals surface area (Å²) in [6.07, 6.45) is 0. The van der Waals surface area contributed by atoms with Gasteiger partial charge < -0.3 is 2.85 Å². The van der Waals surface area contributed by atoms with Crippen LogP contribution in [0.1, 0.15) is 2.85 Å². The summed E-state index contributed by atoms with van der Waals surface area (Å²) in [5, 5.41) is 0. The molecule has 0 bridgehead atoms. The van der Waals surface area contributed by atoms with Crippen molar-refractivity contribution in [2.45, 2.75) is 0 Å². The topological polar surface area (TPSA) is 149 Å². The first-order valence-electron chi connectivity index (χ1n) is 1.40. The Balaban J connectivity index is -0.0000000178. The van der Waals surface area contributed by atoms with E-state index in [1.165, 1.54) is 0 Å². The average molecular weight is 244 g/mol. The summed E-state index contributed by atoms with van der Waals surface area (Å²) in [6.45, 7) is 0. The Bertz CT molecular complexity index is 220. The van der Waals surface area contributed by atoms with Crippen molar-refractivity contribution in [1.82, 2.24) is 0 Å². The normalized spacial score (nSPS) is 9.67. The molecule has 12 heavy (non-hydrogen) atoms. The van der Waals surface area contributed by atoms with Gasteiger partial charge in [-0.15, -0.1) is 0 Å². The van der Waals surface area contributed by atoms with E-state index in [4.69, 9.17) is 35.0 Å². The Kier molecular flexibility index (Phi) is 18.2. The Morgan fingerprint density at radius 3 is 0.667 bits per heavy atom. The van der Waals surface area contributed by atoms with Gasteiger partial charge >= 0.3 is 79.9 Å². The summed E-state index contributed by atoms with van der Waals surface area (Å²) < 4.78 is 63.2. The Morgan fingerprint density at radius 1 is 0.667 bits per heavy atom. The minimum Gasteiger partial charge on any atom is -1.00 e. The molecule has 0 amide bonds. The van der Waals surface area contributed by atoms with E-state index < -0.39 is 20.8 Å². The SMILES string of the molecule is O=S(=O)(O)O.O=S(=O)(O)O.[H-].[H-].[Na+].[Na+]. The molecular formula is H6Na2O8S2. The third-order valence-corrected chi connectivity index (χ3v) is 0. The second kappa shape index (κ2) is 9.30. The van der Waals surface area contributed by atoms with Crippen LogP contribution in [0.4, 0.5) is 0 Å². The van der Waals surface area contributed by atoms with E-state index in [1.807, 2.05) is 0 Å². The minimum atomic E-state index is -4.67. The third kappa shape index (κ3) is 447. The van der Waals surface area contributed by atoms with E-state index in [0.29, 0.717) is 0 Å². The molecule has 68 valence electrons. The van der Waals surface area contributed by atoms with Crippen molar-refractivity contribution >= 4 is 20.8 Å². The molecule has 0 heterocycles. The predicted molar refractivity (Wildman–Crippen MR) is 30.6 cm³/mol. The summed E-state index contributed by atoms with van der Waals surface area (Å²) in [7, 11) is -9.33. The van der Waals surface area contributed by atoms with Crippen molar-refractivity contribution in [3.05, 3.63) is 0 Å². The van der Waals surface area contributed by atoms with E-state index in [0.717, 1.165) is 0 Å². The fourth-order valence-electron chi connectivity index (χ4n) is 0. The van der Waals surface area contributed by atoms with Gasteiger partial charge in [-0.3, -0.25) is 18.2 Å². The van der Waals surface area contributed by atoms with Gasteiger partial charge in [0.1, 0.15) is 0 Å². The van der Waals surface area contributed by atoms with Crippen LogP contribution in [0.25, 0.3) is 0 Å². The van der Waals surface area contributed by atoms with Crippen LogP contribution < -0.4 is 59.1 Å². The van der Waals surface area contributed by atoms with Crippen LogP contribution in [0.15, 0.2) is 0 Å². The molecule has 0 radical (unpaired) electrons. The molecule has 8 nitrogen and oxygen atoms in total. The van der Waals surface area contributed by atoms with Gasteiger partial charge in [0.05, 0.1) is 0 Å². The summed E-state index contributed by atoms with van der Waals surface area (Å²) in [4.78, 5) is 0. The van der Waals surface area contributed by atoms with E-state index in [9.17, 15) is 0 Å². The molecule has 0 atom stereocenters. The molecule has 4 N–H and O–H groups in total. The Morgan fingerprint density at radius 2 is 0.667 bits per heavy atom. The van der Waals surface area contributed by atoms with Crippen molar-refractivity contribution in [2.24, 2.45) is 0 Å². The quantitative estimate of drug-likeness (QED) is 0.242. The van der Waals surface area contributed by atoms with E-state index in [-0.39, 0.29) is 62.0 Å². The van der Waals surface area contributed by atoms with Crippen molar-refractivity contribution in [2.75, 3.05) is 0 Å². The van der Waals surface area contributed by atoms with Crippen LogP contribution in [0.3, 0.4) is 0 Å². The van der Waals surface area contributed by atoms with Gasteiger partial charge in [-0.1, -0.05) is 0 Å². The van der Waals surface area contributed by atoms with E-state index >= 15 is 0 Å². The summed E-state index contributed by atoms with van der Waals surface area (Å²) in [5.41, 5.74) is 0. The van der Waals surface area contributed by atoms with Gasteiger partial charge in [0.2, 0.25) is 0 Å². The van der Waals surface area contributed by atoms with Gasteiger partial charge in [0.25, 0.3) is 0 Å². The molecule has 0 rings (SSSR count). The molecule has 0 unspecified atom stereocenters. The molecule has 0 aromatic heterocycles. The van der Waals surface area contributed by atoms with Crippen LogP contribution in [-0.2, 0) is 20.8 Å². The maximum Gasteiger partial charge on any atom is 1.00 e. The molecule has 0 aromatic carbocycles. The minimum absolute atomic E-state index is 0. The molecule has 0 aromatic rings. The molecular weight excluding hydrogens is 238 g/mol. The predicted octanol–water partition coefficient (Wildman–Crippen LogP) is -7.07. The average Bonchev–Trinajstić information content (AvgIpc) is 1.12. The molecule has 0 saturated carbocycles. The monoisotopic (exact) mass is 244 g/mol. The summed E-state index contributed by atoms with van der Waals surface area (Å²) in [5.74, 6) is 0. The number of rotatable bonds is 0. The van der Waals surface area contributed by atoms with E-state index in [2.05, 4.69) is 0 Å². The molecule has 12 heteroatoms. The second-order valence-corrected chi connectivity index (χ2v) is 2.69. The summed E-state index contributed by atoms with van der Waals surface area (Å²) in [6, 6.07) is 0. The first-order chi connectivity index (χ1) is 4.00. The van der Waals surface area contributed by atoms with Crippen LogP contribution in [0.5, 0.6) is 0 Å². The third-order valence-electron chi connectivity index (χ3n) is 0. The first kappa shape index (κ1) is 23.5. The maximum absolute atomic E-state index is 8.74. The van der Waals surface area contributed by atoms with Crippen molar-refractivity contribution in [3.63, 3.8) is 0 Å². The van der Waals surface area contributed by atoms with Gasteiger partial charge in [-0.05, 0) is 0 Å². The number of hydrogen-bond donors (Lipinski definition) is 4. The van der Waals surface area contributed by atoms with Crippen LogP contribution >= 0.6 is 0 Å². The molecule has 0 aliphatic carbocycles. The van der Waals surface area contributed by atoms with Crippen LogP contribution in [0.2, 0.25) is 0 Å². The van der Waals surface area contributed by atoms with Gasteiger partial charge in [0.15, 0.2) is 0 Å². The molecule has 0 spiro atoms. The molecule has 0 aliphatic rings. The fourth-order valence-corrected chi connectivity index (χ4v) is 0. The largest absolute Gasteiger partial charge is 1.00 e. The van der Waals surface area contributed by atoms with Gasteiger partial charge in [-0.2, -0.15) is 16.8 Å². The molecule has 0 aliphatic heterocycles. The fraction of sp³-hybridized carbons (Fsp3) is 0. The molecule has 0 fully saturated rings.